The molecule has 0 spiro atoms. The minimum Gasteiger partial charge on any atom is -0.462 e. The number of fused-ring (bicyclic) bond motifs is 1. The van der Waals surface area contributed by atoms with Gasteiger partial charge in [0.15, 0.2) is 0 Å². The molecule has 0 atom stereocenters. The molecule has 0 saturated carbocycles. The summed E-state index contributed by atoms with van der Waals surface area (Å²) in [6.45, 7) is 2.08. The molecule has 2 rings (SSSR count). The van der Waals surface area contributed by atoms with Crippen molar-refractivity contribution in [2.75, 3.05) is 11.9 Å². The van der Waals surface area contributed by atoms with Crippen molar-refractivity contribution in [3.63, 3.8) is 0 Å². The quantitative estimate of drug-likeness (QED) is 0.846. The van der Waals surface area contributed by atoms with E-state index < -0.39 is 5.97 Å². The molecule has 1 aliphatic heterocycles. The standard InChI is InChI=1S/C11H10BrNO3/c1-2-16-11(15)7-4-3-6-5-8(14)13-10(6)9(7)12/h3-4H,2,5H2,1H3,(H,13,14). The Labute approximate surface area is 101 Å². The van der Waals surface area contributed by atoms with Crippen LogP contribution in [0, 0.1) is 0 Å². The maximum absolute atomic E-state index is 11.6. The Bertz CT molecular complexity index is 471. The van der Waals surface area contributed by atoms with Crippen molar-refractivity contribution in [1.82, 2.24) is 0 Å². The van der Waals surface area contributed by atoms with Gasteiger partial charge in [0.2, 0.25) is 5.91 Å². The van der Waals surface area contributed by atoms with Crippen molar-refractivity contribution in [2.45, 2.75) is 13.3 Å². The van der Waals surface area contributed by atoms with Crippen LogP contribution < -0.4 is 5.32 Å². The molecule has 0 saturated heterocycles. The number of esters is 1. The monoisotopic (exact) mass is 283 g/mol. The van der Waals surface area contributed by atoms with Crippen LogP contribution in [0.15, 0.2) is 16.6 Å². The molecule has 1 aromatic carbocycles. The molecule has 0 radical (unpaired) electrons. The predicted molar refractivity (Wildman–Crippen MR) is 62.4 cm³/mol. The first-order valence-electron chi connectivity index (χ1n) is 4.91. The number of halogens is 1. The highest BCUT2D eigenvalue weighted by molar-refractivity contribution is 9.10. The fraction of sp³-hybridized carbons (Fsp3) is 0.273. The summed E-state index contributed by atoms with van der Waals surface area (Å²) in [4.78, 5) is 22.8. The van der Waals surface area contributed by atoms with Gasteiger partial charge in [-0.05, 0) is 34.5 Å². The maximum Gasteiger partial charge on any atom is 0.339 e. The third-order valence-electron chi connectivity index (χ3n) is 2.34. The number of anilines is 1. The van der Waals surface area contributed by atoms with Crippen LogP contribution in [0.4, 0.5) is 5.69 Å². The summed E-state index contributed by atoms with van der Waals surface area (Å²) in [5.41, 5.74) is 2.00. The first kappa shape index (κ1) is 11.1. The smallest absolute Gasteiger partial charge is 0.339 e. The van der Waals surface area contributed by atoms with Crippen molar-refractivity contribution >= 4 is 33.5 Å². The van der Waals surface area contributed by atoms with Crippen LogP contribution in [0.2, 0.25) is 0 Å². The highest BCUT2D eigenvalue weighted by Crippen LogP contribution is 2.34. The van der Waals surface area contributed by atoms with Gasteiger partial charge < -0.3 is 10.1 Å². The van der Waals surface area contributed by atoms with Crippen molar-refractivity contribution in [3.05, 3.63) is 27.7 Å². The molecule has 0 bridgehead atoms. The lowest BCUT2D eigenvalue weighted by Gasteiger charge is -2.08. The average Bonchev–Trinajstić information content (AvgIpc) is 2.60. The topological polar surface area (TPSA) is 55.4 Å². The molecule has 4 nitrogen and oxygen atoms in total. The molecule has 1 N–H and O–H groups in total. The van der Waals surface area contributed by atoms with E-state index in [1.807, 2.05) is 0 Å². The van der Waals surface area contributed by atoms with Gasteiger partial charge in [-0.25, -0.2) is 4.79 Å². The van der Waals surface area contributed by atoms with Gasteiger partial charge in [0.1, 0.15) is 0 Å². The summed E-state index contributed by atoms with van der Waals surface area (Å²) < 4.78 is 5.51. The van der Waals surface area contributed by atoms with Gasteiger partial charge >= 0.3 is 5.97 Å². The minimum absolute atomic E-state index is 0.0586. The third kappa shape index (κ3) is 1.82. The number of carbonyl (C=O) groups excluding carboxylic acids is 2. The number of hydrogen-bond acceptors (Lipinski definition) is 3. The van der Waals surface area contributed by atoms with Crippen LogP contribution in [-0.2, 0) is 16.0 Å². The summed E-state index contributed by atoms with van der Waals surface area (Å²) >= 11 is 3.31. The lowest BCUT2D eigenvalue weighted by molar-refractivity contribution is -0.115. The number of amides is 1. The van der Waals surface area contributed by atoms with Gasteiger partial charge in [0, 0.05) is 0 Å². The Kier molecular flexibility index (Phi) is 2.96. The van der Waals surface area contributed by atoms with Crippen LogP contribution in [0.25, 0.3) is 0 Å². The molecule has 84 valence electrons. The number of ether oxygens (including phenoxy) is 1. The third-order valence-corrected chi connectivity index (χ3v) is 3.16. The number of benzene rings is 1. The van der Waals surface area contributed by atoms with E-state index in [2.05, 4.69) is 21.2 Å². The Morgan fingerprint density at radius 2 is 2.31 bits per heavy atom. The van der Waals surface area contributed by atoms with Gasteiger partial charge in [-0.2, -0.15) is 0 Å². The summed E-state index contributed by atoms with van der Waals surface area (Å²) in [7, 11) is 0. The van der Waals surface area contributed by atoms with E-state index in [0.29, 0.717) is 28.8 Å². The van der Waals surface area contributed by atoms with E-state index in [9.17, 15) is 9.59 Å². The largest absolute Gasteiger partial charge is 0.462 e. The molecule has 0 fully saturated rings. The first-order chi connectivity index (χ1) is 7.63. The van der Waals surface area contributed by atoms with Crippen molar-refractivity contribution in [1.29, 1.82) is 0 Å². The Hall–Kier alpha value is -1.36. The van der Waals surface area contributed by atoms with E-state index in [1.165, 1.54) is 0 Å². The summed E-state index contributed by atoms with van der Waals surface area (Å²) in [5, 5.41) is 2.71. The molecule has 1 aliphatic rings. The highest BCUT2D eigenvalue weighted by Gasteiger charge is 2.24. The number of carbonyl (C=O) groups is 2. The van der Waals surface area contributed by atoms with Crippen LogP contribution in [0.3, 0.4) is 0 Å². The minimum atomic E-state index is -0.390. The summed E-state index contributed by atoms with van der Waals surface area (Å²) in [6.07, 6.45) is 0.358. The Morgan fingerprint density at radius 3 is 3.00 bits per heavy atom. The second kappa shape index (κ2) is 4.25. The van der Waals surface area contributed by atoms with Crippen LogP contribution in [-0.4, -0.2) is 18.5 Å². The average molecular weight is 284 g/mol. The lowest BCUT2D eigenvalue weighted by atomic mass is 10.1. The van der Waals surface area contributed by atoms with Crippen LogP contribution >= 0.6 is 15.9 Å². The molecule has 1 heterocycles. The van der Waals surface area contributed by atoms with Gasteiger partial charge in [-0.15, -0.1) is 0 Å². The van der Waals surface area contributed by atoms with Crippen molar-refractivity contribution < 1.29 is 14.3 Å². The normalized spacial score (nSPS) is 13.2. The lowest BCUT2D eigenvalue weighted by Crippen LogP contribution is -2.07. The Balaban J connectivity index is 2.40. The fourth-order valence-electron chi connectivity index (χ4n) is 1.62. The molecule has 1 aromatic rings. The number of nitrogens with one attached hydrogen (secondary N) is 1. The summed E-state index contributed by atoms with van der Waals surface area (Å²) in [5.74, 6) is -0.449. The molecule has 0 aromatic heterocycles. The van der Waals surface area contributed by atoms with Crippen molar-refractivity contribution in [2.24, 2.45) is 0 Å². The van der Waals surface area contributed by atoms with Gasteiger partial charge in [0.25, 0.3) is 0 Å². The molecule has 0 unspecified atom stereocenters. The zero-order valence-electron chi connectivity index (χ0n) is 8.67. The van der Waals surface area contributed by atoms with Gasteiger partial charge in [-0.1, -0.05) is 6.07 Å². The number of rotatable bonds is 2. The van der Waals surface area contributed by atoms with Crippen LogP contribution in [0.5, 0.6) is 0 Å². The SMILES string of the molecule is CCOC(=O)c1ccc2c(c1Br)NC(=O)C2. The van der Waals surface area contributed by atoms with E-state index >= 15 is 0 Å². The fourth-order valence-corrected chi connectivity index (χ4v) is 2.27. The maximum atomic E-state index is 11.6. The molecule has 1 amide bonds. The molecule has 16 heavy (non-hydrogen) atoms. The Morgan fingerprint density at radius 1 is 1.56 bits per heavy atom. The second-order valence-electron chi connectivity index (χ2n) is 3.41. The molecule has 5 heteroatoms. The zero-order chi connectivity index (χ0) is 11.7. The van der Waals surface area contributed by atoms with Crippen molar-refractivity contribution in [3.8, 4) is 0 Å². The van der Waals surface area contributed by atoms with Gasteiger partial charge in [-0.3, -0.25) is 4.79 Å². The van der Waals surface area contributed by atoms with Gasteiger partial charge in [0.05, 0.1) is 28.8 Å². The van der Waals surface area contributed by atoms with E-state index in [-0.39, 0.29) is 5.91 Å². The van der Waals surface area contributed by atoms with E-state index in [0.717, 1.165) is 5.56 Å². The highest BCUT2D eigenvalue weighted by atomic mass is 79.9. The molecular weight excluding hydrogens is 274 g/mol. The molecular formula is C11H10BrNO3. The van der Waals surface area contributed by atoms with E-state index in [4.69, 9.17) is 4.74 Å². The summed E-state index contributed by atoms with van der Waals surface area (Å²) in [6, 6.07) is 3.44. The number of hydrogen-bond donors (Lipinski definition) is 1. The van der Waals surface area contributed by atoms with E-state index in [1.54, 1.807) is 19.1 Å². The molecule has 0 aliphatic carbocycles. The first-order valence-corrected chi connectivity index (χ1v) is 5.71. The van der Waals surface area contributed by atoms with Crippen LogP contribution in [0.1, 0.15) is 22.8 Å². The zero-order valence-corrected chi connectivity index (χ0v) is 10.3. The second-order valence-corrected chi connectivity index (χ2v) is 4.20. The predicted octanol–water partition coefficient (Wildman–Crippen LogP) is 2.12.